The summed E-state index contributed by atoms with van der Waals surface area (Å²) in [5, 5.41) is 4.83. The van der Waals surface area contributed by atoms with Crippen LogP contribution in [0.2, 0.25) is 10.2 Å². The molecular formula is C13H8Cl2N2O2. The van der Waals surface area contributed by atoms with E-state index < -0.39 is 0 Å². The van der Waals surface area contributed by atoms with Crippen molar-refractivity contribution < 1.29 is 8.94 Å². The molecule has 0 unspecified atom stereocenters. The van der Waals surface area contributed by atoms with E-state index >= 15 is 0 Å². The molecule has 0 bridgehead atoms. The van der Waals surface area contributed by atoms with E-state index in [1.165, 1.54) is 0 Å². The molecule has 19 heavy (non-hydrogen) atoms. The molecule has 0 amide bonds. The number of rotatable bonds is 2. The second kappa shape index (κ2) is 4.64. The van der Waals surface area contributed by atoms with Gasteiger partial charge >= 0.3 is 0 Å². The molecule has 6 heteroatoms. The van der Waals surface area contributed by atoms with E-state index in [2.05, 4.69) is 5.16 Å². The van der Waals surface area contributed by atoms with Crippen LogP contribution < -0.4 is 5.73 Å². The number of nitrogens with two attached hydrogens (primary N) is 1. The van der Waals surface area contributed by atoms with Crippen LogP contribution in [0, 0.1) is 0 Å². The first kappa shape index (κ1) is 12.1. The highest BCUT2D eigenvalue weighted by Crippen LogP contribution is 2.37. The molecule has 0 saturated carbocycles. The Kier molecular flexibility index (Phi) is 2.97. The Balaban J connectivity index is 2.16. The lowest BCUT2D eigenvalue weighted by Gasteiger charge is -2.00. The highest BCUT2D eigenvalue weighted by atomic mass is 35.5. The number of benzene rings is 1. The van der Waals surface area contributed by atoms with Gasteiger partial charge in [-0.3, -0.25) is 0 Å². The van der Waals surface area contributed by atoms with Crippen LogP contribution >= 0.6 is 23.2 Å². The number of nitrogen functional groups attached to an aromatic ring is 1. The van der Waals surface area contributed by atoms with Gasteiger partial charge in [-0.25, -0.2) is 0 Å². The fourth-order valence-electron chi connectivity index (χ4n) is 1.81. The molecule has 3 aromatic rings. The van der Waals surface area contributed by atoms with Crippen LogP contribution in [0.25, 0.3) is 22.6 Å². The van der Waals surface area contributed by atoms with Crippen LogP contribution in [0.4, 0.5) is 5.88 Å². The molecule has 4 nitrogen and oxygen atoms in total. The summed E-state index contributed by atoms with van der Waals surface area (Å²) in [7, 11) is 0. The highest BCUT2D eigenvalue weighted by Gasteiger charge is 2.19. The summed E-state index contributed by atoms with van der Waals surface area (Å²) in [6.45, 7) is 0. The first-order valence-electron chi connectivity index (χ1n) is 5.42. The van der Waals surface area contributed by atoms with Crippen molar-refractivity contribution in [1.29, 1.82) is 0 Å². The molecule has 0 aliphatic rings. The normalized spacial score (nSPS) is 10.8. The Hall–Kier alpha value is -1.91. The van der Waals surface area contributed by atoms with Gasteiger partial charge < -0.3 is 14.7 Å². The minimum Gasteiger partial charge on any atom is -0.443 e. The van der Waals surface area contributed by atoms with Crippen molar-refractivity contribution in [3.8, 4) is 22.6 Å². The maximum Gasteiger partial charge on any atom is 0.230 e. The predicted molar refractivity (Wildman–Crippen MR) is 74.1 cm³/mol. The molecule has 2 heterocycles. The van der Waals surface area contributed by atoms with Crippen molar-refractivity contribution in [2.75, 3.05) is 5.73 Å². The molecule has 0 aliphatic heterocycles. The Bertz CT molecular complexity index is 717. The van der Waals surface area contributed by atoms with Crippen molar-refractivity contribution in [2.45, 2.75) is 0 Å². The van der Waals surface area contributed by atoms with Gasteiger partial charge in [0.05, 0.1) is 5.56 Å². The van der Waals surface area contributed by atoms with Gasteiger partial charge in [-0.15, -0.1) is 0 Å². The first-order chi connectivity index (χ1) is 9.15. The van der Waals surface area contributed by atoms with E-state index in [4.69, 9.17) is 37.9 Å². The first-order valence-corrected chi connectivity index (χ1v) is 6.17. The number of halogens is 2. The van der Waals surface area contributed by atoms with Crippen molar-refractivity contribution in [1.82, 2.24) is 5.16 Å². The van der Waals surface area contributed by atoms with Crippen LogP contribution in [0.15, 0.2) is 45.3 Å². The zero-order valence-electron chi connectivity index (χ0n) is 9.56. The topological polar surface area (TPSA) is 65.2 Å². The fraction of sp³-hybridized carbons (Fsp3) is 0. The number of hydrogen-bond acceptors (Lipinski definition) is 4. The van der Waals surface area contributed by atoms with E-state index in [1.807, 2.05) is 12.1 Å². The highest BCUT2D eigenvalue weighted by molar-refractivity contribution is 6.30. The summed E-state index contributed by atoms with van der Waals surface area (Å²) in [5.41, 5.74) is 7.82. The second-order valence-electron chi connectivity index (χ2n) is 3.88. The molecule has 0 atom stereocenters. The Morgan fingerprint density at radius 1 is 1.00 bits per heavy atom. The molecule has 0 radical (unpaired) electrons. The smallest absolute Gasteiger partial charge is 0.230 e. The number of aromatic nitrogens is 1. The standard InChI is InChI=1S/C13H8Cl2N2O2/c14-8-3-1-7(2-4-8)11-12(17-19-13(11)16)9-5-6-10(15)18-9/h1-6H,16H2. The molecule has 0 aliphatic carbocycles. The summed E-state index contributed by atoms with van der Waals surface area (Å²) in [4.78, 5) is 0. The lowest BCUT2D eigenvalue weighted by atomic mass is 10.0. The third kappa shape index (κ3) is 2.20. The second-order valence-corrected chi connectivity index (χ2v) is 4.69. The number of furan rings is 1. The SMILES string of the molecule is Nc1onc(-c2ccc(Cl)o2)c1-c1ccc(Cl)cc1. The quantitative estimate of drug-likeness (QED) is 0.756. The van der Waals surface area contributed by atoms with Crippen LogP contribution in [0.1, 0.15) is 0 Å². The average molecular weight is 295 g/mol. The summed E-state index contributed by atoms with van der Waals surface area (Å²) < 4.78 is 10.4. The molecule has 3 rings (SSSR count). The summed E-state index contributed by atoms with van der Waals surface area (Å²) >= 11 is 11.6. The van der Waals surface area contributed by atoms with Crippen LogP contribution in [0.5, 0.6) is 0 Å². The molecule has 2 N–H and O–H groups in total. The van der Waals surface area contributed by atoms with Crippen LogP contribution in [0.3, 0.4) is 0 Å². The van der Waals surface area contributed by atoms with Crippen molar-refractivity contribution >= 4 is 29.1 Å². The lowest BCUT2D eigenvalue weighted by Crippen LogP contribution is -1.86. The van der Waals surface area contributed by atoms with E-state index in [-0.39, 0.29) is 11.1 Å². The van der Waals surface area contributed by atoms with E-state index in [1.54, 1.807) is 24.3 Å². The van der Waals surface area contributed by atoms with E-state index in [0.717, 1.165) is 5.56 Å². The Morgan fingerprint density at radius 3 is 2.37 bits per heavy atom. The maximum atomic E-state index is 5.87. The fourth-order valence-corrected chi connectivity index (χ4v) is 2.08. The van der Waals surface area contributed by atoms with Crippen LogP contribution in [-0.2, 0) is 0 Å². The largest absolute Gasteiger partial charge is 0.443 e. The third-order valence-corrected chi connectivity index (χ3v) is 3.11. The van der Waals surface area contributed by atoms with Crippen molar-refractivity contribution in [3.05, 3.63) is 46.6 Å². The van der Waals surface area contributed by atoms with Crippen molar-refractivity contribution in [2.24, 2.45) is 0 Å². The number of nitrogens with zero attached hydrogens (tertiary/aromatic N) is 1. The maximum absolute atomic E-state index is 5.87. The molecular weight excluding hydrogens is 287 g/mol. The molecule has 2 aromatic heterocycles. The van der Waals surface area contributed by atoms with Gasteiger partial charge in [0.1, 0.15) is 0 Å². The Labute approximate surface area is 118 Å². The third-order valence-electron chi connectivity index (χ3n) is 2.66. The zero-order valence-corrected chi connectivity index (χ0v) is 11.1. The molecule has 0 spiro atoms. The summed E-state index contributed by atoms with van der Waals surface area (Å²) in [5.74, 6) is 0.709. The predicted octanol–water partition coefficient (Wildman–Crippen LogP) is 4.49. The zero-order chi connectivity index (χ0) is 13.4. The summed E-state index contributed by atoms with van der Waals surface area (Å²) in [6.07, 6.45) is 0. The van der Waals surface area contributed by atoms with Gasteiger partial charge in [0.15, 0.2) is 16.7 Å². The minimum atomic E-state index is 0.213. The molecule has 1 aromatic carbocycles. The van der Waals surface area contributed by atoms with Crippen LogP contribution in [-0.4, -0.2) is 5.16 Å². The number of anilines is 1. The average Bonchev–Trinajstić information content (AvgIpc) is 2.97. The lowest BCUT2D eigenvalue weighted by molar-refractivity contribution is 0.436. The van der Waals surface area contributed by atoms with Gasteiger partial charge in [0.25, 0.3) is 0 Å². The van der Waals surface area contributed by atoms with Crippen molar-refractivity contribution in [3.63, 3.8) is 0 Å². The molecule has 0 saturated heterocycles. The van der Waals surface area contributed by atoms with Gasteiger partial charge in [0.2, 0.25) is 5.88 Å². The van der Waals surface area contributed by atoms with Gasteiger partial charge in [-0.05, 0) is 41.4 Å². The monoisotopic (exact) mass is 294 g/mol. The Morgan fingerprint density at radius 2 is 1.74 bits per heavy atom. The van der Waals surface area contributed by atoms with E-state index in [9.17, 15) is 0 Å². The molecule has 0 fully saturated rings. The van der Waals surface area contributed by atoms with Gasteiger partial charge in [-0.2, -0.15) is 0 Å². The minimum absolute atomic E-state index is 0.213. The van der Waals surface area contributed by atoms with Gasteiger partial charge in [-0.1, -0.05) is 28.9 Å². The summed E-state index contributed by atoms with van der Waals surface area (Å²) in [6, 6.07) is 10.5. The van der Waals surface area contributed by atoms with Gasteiger partial charge in [0, 0.05) is 5.02 Å². The number of hydrogen-bond donors (Lipinski definition) is 1. The molecule has 96 valence electrons. The van der Waals surface area contributed by atoms with E-state index in [0.29, 0.717) is 22.0 Å².